The first kappa shape index (κ1) is 12.6. The highest BCUT2D eigenvalue weighted by Crippen LogP contribution is 2.22. The Balaban J connectivity index is 2.29. The van der Waals surface area contributed by atoms with Crippen molar-refractivity contribution < 1.29 is 8.42 Å². The van der Waals surface area contributed by atoms with Crippen molar-refractivity contribution >= 4 is 15.7 Å². The van der Waals surface area contributed by atoms with Crippen LogP contribution >= 0.6 is 0 Å². The maximum absolute atomic E-state index is 11.2. The molecule has 0 spiro atoms. The molecule has 2 rings (SSSR count). The summed E-state index contributed by atoms with van der Waals surface area (Å²) >= 11 is 0. The Morgan fingerprint density at radius 1 is 1.33 bits per heavy atom. The van der Waals surface area contributed by atoms with Crippen LogP contribution in [0.25, 0.3) is 0 Å². The predicted molar refractivity (Wildman–Crippen MR) is 68.3 cm³/mol. The number of benzene rings is 1. The van der Waals surface area contributed by atoms with Crippen molar-refractivity contribution in [1.29, 1.82) is 5.26 Å². The summed E-state index contributed by atoms with van der Waals surface area (Å²) < 4.78 is 22.4. The second kappa shape index (κ2) is 4.80. The number of hydrogen-bond acceptors (Lipinski definition) is 4. The van der Waals surface area contributed by atoms with Gasteiger partial charge in [0.05, 0.1) is 16.1 Å². The molecule has 0 atom stereocenters. The molecule has 0 fully saturated rings. The van der Waals surface area contributed by atoms with Crippen LogP contribution < -0.4 is 10.5 Å². The van der Waals surface area contributed by atoms with Gasteiger partial charge in [-0.25, -0.2) is 13.6 Å². The van der Waals surface area contributed by atoms with E-state index in [4.69, 9.17) is 10.4 Å². The molecule has 0 saturated carbocycles. The lowest BCUT2D eigenvalue weighted by Crippen LogP contribution is -2.17. The fourth-order valence-electron chi connectivity index (χ4n) is 1.87. The lowest BCUT2D eigenvalue weighted by atomic mass is 10.1. The van der Waals surface area contributed by atoms with E-state index in [-0.39, 0.29) is 16.5 Å². The minimum atomic E-state index is -3.77. The van der Waals surface area contributed by atoms with Gasteiger partial charge in [-0.2, -0.15) is 5.26 Å². The topological polar surface area (TPSA) is 96.0 Å². The average Bonchev–Trinajstić information content (AvgIpc) is 2.81. The average molecular weight is 263 g/mol. The van der Waals surface area contributed by atoms with Gasteiger partial charge in [0.15, 0.2) is 0 Å². The van der Waals surface area contributed by atoms with E-state index in [1.165, 1.54) is 12.1 Å². The van der Waals surface area contributed by atoms with Crippen LogP contribution in [0.15, 0.2) is 35.2 Å². The Kier molecular flexibility index (Phi) is 3.36. The number of nitriles is 1. The summed E-state index contributed by atoms with van der Waals surface area (Å²) in [6, 6.07) is 6.52. The molecule has 0 unspecified atom stereocenters. The fourth-order valence-corrected chi connectivity index (χ4v) is 2.41. The molecule has 0 saturated heterocycles. The Hall–Kier alpha value is -1.84. The van der Waals surface area contributed by atoms with Crippen LogP contribution in [0.3, 0.4) is 0 Å². The van der Waals surface area contributed by atoms with Gasteiger partial charge >= 0.3 is 0 Å². The van der Waals surface area contributed by atoms with Gasteiger partial charge in [0.1, 0.15) is 6.07 Å². The lowest BCUT2D eigenvalue weighted by Gasteiger charge is -2.15. The second-order valence-corrected chi connectivity index (χ2v) is 5.71. The molecule has 94 valence electrons. The molecule has 18 heavy (non-hydrogen) atoms. The van der Waals surface area contributed by atoms with E-state index >= 15 is 0 Å². The minimum Gasteiger partial charge on any atom is -0.381 e. The van der Waals surface area contributed by atoms with Crippen molar-refractivity contribution in [2.24, 2.45) is 5.14 Å². The molecule has 0 bridgehead atoms. The van der Waals surface area contributed by atoms with Crippen LogP contribution in [-0.4, -0.2) is 14.5 Å². The fraction of sp³-hybridized carbons (Fsp3) is 0.250. The zero-order valence-corrected chi connectivity index (χ0v) is 10.4. The Bertz CT molecular complexity index is 621. The first-order valence-corrected chi connectivity index (χ1v) is 7.04. The van der Waals surface area contributed by atoms with Crippen molar-refractivity contribution in [3.8, 4) is 6.07 Å². The van der Waals surface area contributed by atoms with Gasteiger partial charge in [-0.05, 0) is 31.0 Å². The minimum absolute atomic E-state index is 0.0471. The SMILES string of the molecule is N#Cc1cc(S(N)(=O)=O)ccc1NC1CC=CC1. The molecule has 0 aromatic heterocycles. The molecule has 0 radical (unpaired) electrons. The van der Waals surface area contributed by atoms with Crippen LogP contribution in [0.1, 0.15) is 18.4 Å². The molecule has 1 aromatic carbocycles. The number of nitrogens with one attached hydrogen (secondary N) is 1. The summed E-state index contributed by atoms with van der Waals surface area (Å²) in [7, 11) is -3.77. The molecule has 3 N–H and O–H groups in total. The third-order valence-electron chi connectivity index (χ3n) is 2.81. The van der Waals surface area contributed by atoms with Crippen molar-refractivity contribution in [2.45, 2.75) is 23.8 Å². The first-order chi connectivity index (χ1) is 8.50. The normalized spacial score (nSPS) is 15.6. The van der Waals surface area contributed by atoms with E-state index in [0.29, 0.717) is 5.69 Å². The number of anilines is 1. The van der Waals surface area contributed by atoms with Gasteiger partial charge in [-0.3, -0.25) is 0 Å². The number of primary sulfonamides is 1. The van der Waals surface area contributed by atoms with Gasteiger partial charge in [0, 0.05) is 6.04 Å². The van der Waals surface area contributed by atoms with Crippen LogP contribution in [0.5, 0.6) is 0 Å². The summed E-state index contributed by atoms with van der Waals surface area (Å²) in [5, 5.41) is 17.3. The molecule has 0 heterocycles. The predicted octanol–water partition coefficient (Wildman–Crippen LogP) is 1.34. The first-order valence-electron chi connectivity index (χ1n) is 5.49. The van der Waals surface area contributed by atoms with Crippen molar-refractivity contribution in [2.75, 3.05) is 5.32 Å². The molecule has 0 amide bonds. The largest absolute Gasteiger partial charge is 0.381 e. The Morgan fingerprint density at radius 3 is 2.56 bits per heavy atom. The maximum atomic E-state index is 11.2. The lowest BCUT2D eigenvalue weighted by molar-refractivity contribution is 0.598. The number of rotatable bonds is 3. The zero-order chi connectivity index (χ0) is 13.2. The van der Waals surface area contributed by atoms with Crippen LogP contribution in [0.2, 0.25) is 0 Å². The smallest absolute Gasteiger partial charge is 0.238 e. The highest BCUT2D eigenvalue weighted by Gasteiger charge is 2.15. The Labute approximate surface area is 106 Å². The number of sulfonamides is 1. The van der Waals surface area contributed by atoms with E-state index in [0.717, 1.165) is 12.8 Å². The molecule has 1 aliphatic carbocycles. The van der Waals surface area contributed by atoms with E-state index < -0.39 is 10.0 Å². The number of nitrogens with two attached hydrogens (primary N) is 1. The molecular weight excluding hydrogens is 250 g/mol. The van der Waals surface area contributed by atoms with Gasteiger partial charge in [-0.15, -0.1) is 0 Å². The maximum Gasteiger partial charge on any atom is 0.238 e. The quantitative estimate of drug-likeness (QED) is 0.804. The third kappa shape index (κ3) is 2.70. The van der Waals surface area contributed by atoms with E-state index in [9.17, 15) is 8.42 Å². The van der Waals surface area contributed by atoms with Gasteiger partial charge in [-0.1, -0.05) is 12.2 Å². The summed E-state index contributed by atoms with van der Waals surface area (Å²) in [5.74, 6) is 0. The monoisotopic (exact) mass is 263 g/mol. The standard InChI is InChI=1S/C12H13N3O2S/c13-8-9-7-11(18(14,16)17)5-6-12(9)15-10-3-1-2-4-10/h1-2,5-7,10,15H,3-4H2,(H2,14,16,17). The van der Waals surface area contributed by atoms with E-state index in [2.05, 4.69) is 17.5 Å². The van der Waals surface area contributed by atoms with E-state index in [1.54, 1.807) is 6.07 Å². The zero-order valence-electron chi connectivity index (χ0n) is 9.63. The van der Waals surface area contributed by atoms with E-state index in [1.807, 2.05) is 6.07 Å². The molecule has 0 aliphatic heterocycles. The molecule has 1 aliphatic rings. The summed E-state index contributed by atoms with van der Waals surface area (Å²) in [6.45, 7) is 0. The molecule has 1 aromatic rings. The number of nitrogens with zero attached hydrogens (tertiary/aromatic N) is 1. The van der Waals surface area contributed by atoms with Crippen LogP contribution in [-0.2, 0) is 10.0 Å². The van der Waals surface area contributed by atoms with Gasteiger partial charge in [0.2, 0.25) is 10.0 Å². The van der Waals surface area contributed by atoms with Crippen LogP contribution in [0.4, 0.5) is 5.69 Å². The van der Waals surface area contributed by atoms with Crippen molar-refractivity contribution in [3.63, 3.8) is 0 Å². The summed E-state index contributed by atoms with van der Waals surface area (Å²) in [6.07, 6.45) is 5.95. The highest BCUT2D eigenvalue weighted by atomic mass is 32.2. The van der Waals surface area contributed by atoms with Crippen molar-refractivity contribution in [3.05, 3.63) is 35.9 Å². The molecular formula is C12H13N3O2S. The molecule has 5 nitrogen and oxygen atoms in total. The van der Waals surface area contributed by atoms with Gasteiger partial charge in [0.25, 0.3) is 0 Å². The highest BCUT2D eigenvalue weighted by molar-refractivity contribution is 7.89. The van der Waals surface area contributed by atoms with Crippen molar-refractivity contribution in [1.82, 2.24) is 0 Å². The molecule has 6 heteroatoms. The second-order valence-electron chi connectivity index (χ2n) is 4.15. The Morgan fingerprint density at radius 2 is 2.00 bits per heavy atom. The summed E-state index contributed by atoms with van der Waals surface area (Å²) in [4.78, 5) is -0.0471. The van der Waals surface area contributed by atoms with Gasteiger partial charge < -0.3 is 5.32 Å². The number of hydrogen-bond donors (Lipinski definition) is 2. The summed E-state index contributed by atoms with van der Waals surface area (Å²) in [5.41, 5.74) is 0.923. The third-order valence-corrected chi connectivity index (χ3v) is 3.72. The van der Waals surface area contributed by atoms with Crippen LogP contribution in [0, 0.1) is 11.3 Å².